The summed E-state index contributed by atoms with van der Waals surface area (Å²) in [6, 6.07) is 11.7. The van der Waals surface area contributed by atoms with Crippen molar-refractivity contribution in [2.45, 2.75) is 11.8 Å². The normalized spacial score (nSPS) is 11.4. The number of nitrogens with zero attached hydrogens (tertiary/aromatic N) is 1. The summed E-state index contributed by atoms with van der Waals surface area (Å²) in [6.07, 6.45) is 0. The summed E-state index contributed by atoms with van der Waals surface area (Å²) in [7, 11) is -2.05. The lowest BCUT2D eigenvalue weighted by Gasteiger charge is -2.10. The van der Waals surface area contributed by atoms with Crippen molar-refractivity contribution in [1.82, 2.24) is 10.3 Å². The number of carbonyl (C=O) groups excluding carboxylic acids is 1. The molecular weight excluding hydrogens is 383 g/mol. The zero-order valence-electron chi connectivity index (χ0n) is 15.4. The predicted molar refractivity (Wildman–Crippen MR) is 104 cm³/mol. The third kappa shape index (κ3) is 4.28. The van der Waals surface area contributed by atoms with E-state index in [0.717, 1.165) is 0 Å². The number of benzene rings is 2. The molecule has 0 aliphatic rings. The van der Waals surface area contributed by atoms with Gasteiger partial charge in [0.05, 0.1) is 34.5 Å². The number of aryl methyl sites for hydroxylation is 1. The fraction of sp³-hybridized carbons (Fsp3) is 0.200. The highest BCUT2D eigenvalue weighted by Gasteiger charge is 2.16. The lowest BCUT2D eigenvalue weighted by Crippen LogP contribution is -2.29. The van der Waals surface area contributed by atoms with Crippen LogP contribution in [0.2, 0.25) is 0 Å². The summed E-state index contributed by atoms with van der Waals surface area (Å²) in [5, 5.41) is 3.09. The Bertz CT molecular complexity index is 1130. The number of ether oxygens (including phenoxy) is 1. The molecule has 6 nitrogen and oxygen atoms in total. The molecule has 0 unspecified atom stereocenters. The number of rotatable bonds is 6. The van der Waals surface area contributed by atoms with Gasteiger partial charge in [0.25, 0.3) is 5.91 Å². The number of carbonyl (C=O) groups is 1. The number of aromatic nitrogens is 1. The molecule has 3 rings (SSSR count). The average molecular weight is 402 g/mol. The number of sulfone groups is 1. The minimum absolute atomic E-state index is 0.0617. The summed E-state index contributed by atoms with van der Waals surface area (Å²) in [6.45, 7) is 1.61. The minimum Gasteiger partial charge on any atom is -0.497 e. The van der Waals surface area contributed by atoms with Crippen molar-refractivity contribution in [3.63, 3.8) is 0 Å². The van der Waals surface area contributed by atoms with Crippen LogP contribution in [-0.4, -0.2) is 38.7 Å². The second-order valence-corrected chi connectivity index (χ2v) is 8.32. The molecule has 0 atom stereocenters. The van der Waals surface area contributed by atoms with Crippen LogP contribution in [0.3, 0.4) is 0 Å². The number of nitrogens with one attached hydrogen (secondary N) is 1. The SMILES string of the molecule is COc1ccc(S(=O)(=O)CCNC(=O)c2cc3cc(F)ccc3nc2C)cc1. The predicted octanol–water partition coefficient (Wildman–Crippen LogP) is 2.89. The van der Waals surface area contributed by atoms with Gasteiger partial charge in [0, 0.05) is 11.9 Å². The van der Waals surface area contributed by atoms with Crippen LogP contribution < -0.4 is 10.1 Å². The Morgan fingerprint density at radius 1 is 1.14 bits per heavy atom. The van der Waals surface area contributed by atoms with Crippen LogP contribution in [0.4, 0.5) is 4.39 Å². The van der Waals surface area contributed by atoms with Gasteiger partial charge in [-0.2, -0.15) is 0 Å². The Hall–Kier alpha value is -3.00. The third-order valence-corrected chi connectivity index (χ3v) is 6.02. The molecular formula is C20H19FN2O4S. The Morgan fingerprint density at radius 3 is 2.54 bits per heavy atom. The van der Waals surface area contributed by atoms with Crippen LogP contribution in [-0.2, 0) is 9.84 Å². The van der Waals surface area contributed by atoms with Crippen LogP contribution in [0.15, 0.2) is 53.4 Å². The Balaban J connectivity index is 1.69. The third-order valence-electron chi connectivity index (χ3n) is 4.29. The van der Waals surface area contributed by atoms with E-state index in [9.17, 15) is 17.6 Å². The summed E-state index contributed by atoms with van der Waals surface area (Å²) in [5.74, 6) is -0.570. The lowest BCUT2D eigenvalue weighted by molar-refractivity contribution is 0.0955. The molecule has 2 aromatic carbocycles. The standard InChI is InChI=1S/C20H19FN2O4S/c1-13-18(12-14-11-15(21)3-8-19(14)23-13)20(24)22-9-10-28(25,26)17-6-4-16(27-2)5-7-17/h3-8,11-12H,9-10H2,1-2H3,(H,22,24). The van der Waals surface area contributed by atoms with Crippen molar-refractivity contribution < 1.29 is 22.3 Å². The molecule has 3 aromatic rings. The first-order valence-corrected chi connectivity index (χ1v) is 10.2. The summed E-state index contributed by atoms with van der Waals surface area (Å²) >= 11 is 0. The molecule has 0 radical (unpaired) electrons. The van der Waals surface area contributed by atoms with Gasteiger partial charge in [-0.1, -0.05) is 0 Å². The van der Waals surface area contributed by atoms with Gasteiger partial charge in [0.2, 0.25) is 0 Å². The number of halogens is 1. The molecule has 0 spiro atoms. The molecule has 1 heterocycles. The van der Waals surface area contributed by atoms with Gasteiger partial charge in [0.1, 0.15) is 11.6 Å². The maximum Gasteiger partial charge on any atom is 0.253 e. The van der Waals surface area contributed by atoms with E-state index in [0.29, 0.717) is 22.3 Å². The summed E-state index contributed by atoms with van der Waals surface area (Å²) in [4.78, 5) is 16.9. The van der Waals surface area contributed by atoms with Crippen LogP contribution in [0, 0.1) is 12.7 Å². The van der Waals surface area contributed by atoms with Crippen molar-refractivity contribution in [1.29, 1.82) is 0 Å². The molecule has 28 heavy (non-hydrogen) atoms. The molecule has 0 saturated heterocycles. The number of methoxy groups -OCH3 is 1. The van der Waals surface area contributed by atoms with E-state index < -0.39 is 21.6 Å². The Morgan fingerprint density at radius 2 is 1.86 bits per heavy atom. The van der Waals surface area contributed by atoms with Crippen LogP contribution in [0.25, 0.3) is 10.9 Å². The van der Waals surface area contributed by atoms with E-state index >= 15 is 0 Å². The highest BCUT2D eigenvalue weighted by atomic mass is 32.2. The molecule has 0 bridgehead atoms. The number of fused-ring (bicyclic) bond motifs is 1. The molecule has 1 aromatic heterocycles. The minimum atomic E-state index is -3.55. The maximum absolute atomic E-state index is 13.4. The van der Waals surface area contributed by atoms with E-state index in [1.165, 1.54) is 31.4 Å². The summed E-state index contributed by atoms with van der Waals surface area (Å²) in [5.41, 5.74) is 1.34. The zero-order valence-corrected chi connectivity index (χ0v) is 16.2. The van der Waals surface area contributed by atoms with Gasteiger partial charge < -0.3 is 10.1 Å². The molecule has 146 valence electrons. The second kappa shape index (κ2) is 7.93. The van der Waals surface area contributed by atoms with Crippen LogP contribution >= 0.6 is 0 Å². The van der Waals surface area contributed by atoms with E-state index in [1.54, 1.807) is 31.2 Å². The zero-order chi connectivity index (χ0) is 20.3. The Labute approximate surface area is 162 Å². The van der Waals surface area contributed by atoms with Gasteiger partial charge in [-0.05, 0) is 55.5 Å². The first kappa shape index (κ1) is 19.8. The van der Waals surface area contributed by atoms with Crippen molar-refractivity contribution in [3.05, 3.63) is 65.6 Å². The highest BCUT2D eigenvalue weighted by Crippen LogP contribution is 2.18. The monoisotopic (exact) mass is 402 g/mol. The Kier molecular flexibility index (Phi) is 5.60. The average Bonchev–Trinajstić information content (AvgIpc) is 2.67. The fourth-order valence-electron chi connectivity index (χ4n) is 2.77. The number of hydrogen-bond acceptors (Lipinski definition) is 5. The highest BCUT2D eigenvalue weighted by molar-refractivity contribution is 7.91. The molecule has 0 aliphatic heterocycles. The van der Waals surface area contributed by atoms with Crippen LogP contribution in [0.1, 0.15) is 16.1 Å². The number of hydrogen-bond donors (Lipinski definition) is 1. The fourth-order valence-corrected chi connectivity index (χ4v) is 3.93. The largest absolute Gasteiger partial charge is 0.497 e. The van der Waals surface area contributed by atoms with Gasteiger partial charge in [-0.3, -0.25) is 9.78 Å². The summed E-state index contributed by atoms with van der Waals surface area (Å²) < 4.78 is 43.2. The van der Waals surface area contributed by atoms with Crippen molar-refractivity contribution >= 4 is 26.6 Å². The van der Waals surface area contributed by atoms with E-state index in [4.69, 9.17) is 4.74 Å². The van der Waals surface area contributed by atoms with E-state index in [-0.39, 0.29) is 22.8 Å². The molecule has 8 heteroatoms. The first-order chi connectivity index (χ1) is 13.3. The molecule has 0 fully saturated rings. The van der Waals surface area contributed by atoms with Crippen molar-refractivity contribution in [2.75, 3.05) is 19.4 Å². The quantitative estimate of drug-likeness (QED) is 0.685. The lowest BCUT2D eigenvalue weighted by atomic mass is 10.1. The number of pyridine rings is 1. The second-order valence-electron chi connectivity index (χ2n) is 6.21. The molecule has 1 N–H and O–H groups in total. The first-order valence-electron chi connectivity index (χ1n) is 8.52. The van der Waals surface area contributed by atoms with E-state index in [1.807, 2.05) is 0 Å². The van der Waals surface area contributed by atoms with Gasteiger partial charge >= 0.3 is 0 Å². The van der Waals surface area contributed by atoms with Crippen molar-refractivity contribution in [2.24, 2.45) is 0 Å². The van der Waals surface area contributed by atoms with Crippen molar-refractivity contribution in [3.8, 4) is 5.75 Å². The topological polar surface area (TPSA) is 85.4 Å². The van der Waals surface area contributed by atoms with Gasteiger partial charge in [-0.15, -0.1) is 0 Å². The van der Waals surface area contributed by atoms with E-state index in [2.05, 4.69) is 10.3 Å². The molecule has 1 amide bonds. The van der Waals surface area contributed by atoms with Gasteiger partial charge in [-0.25, -0.2) is 12.8 Å². The molecule has 0 saturated carbocycles. The van der Waals surface area contributed by atoms with Gasteiger partial charge in [0.15, 0.2) is 9.84 Å². The molecule has 0 aliphatic carbocycles. The smallest absolute Gasteiger partial charge is 0.253 e. The van der Waals surface area contributed by atoms with Crippen LogP contribution in [0.5, 0.6) is 5.75 Å². The number of amides is 1. The maximum atomic E-state index is 13.4.